The minimum Gasteiger partial charge on any atom is -0.465 e. The van der Waals surface area contributed by atoms with Gasteiger partial charge in [0, 0.05) is 58.8 Å². The summed E-state index contributed by atoms with van der Waals surface area (Å²) in [6.45, 7) is 62.0. The molecule has 15 unspecified atom stereocenters. The quantitative estimate of drug-likeness (QED) is 0.0349. The van der Waals surface area contributed by atoms with Gasteiger partial charge in [0.2, 0.25) is 12.1 Å². The highest BCUT2D eigenvalue weighted by molar-refractivity contribution is 5.33. The first kappa shape index (κ1) is 104. The maximum atomic E-state index is 6.64. The van der Waals surface area contributed by atoms with Crippen molar-refractivity contribution in [2.24, 2.45) is 64.6 Å². The Morgan fingerprint density at radius 2 is 0.800 bits per heavy atom. The second kappa shape index (κ2) is 54.0. The lowest BCUT2D eigenvalue weighted by molar-refractivity contribution is -0.209. The summed E-state index contributed by atoms with van der Waals surface area (Å²) >= 11 is 0. The highest BCUT2D eigenvalue weighted by Crippen LogP contribution is 2.60. The monoisotopic (exact) mass is 1660 g/mol. The van der Waals surface area contributed by atoms with Gasteiger partial charge in [0.05, 0.1) is 24.4 Å². The van der Waals surface area contributed by atoms with Crippen molar-refractivity contribution in [1.82, 2.24) is 0 Å². The number of rotatable bonds is 43. The summed E-state index contributed by atoms with van der Waals surface area (Å²) in [4.78, 5) is 0. The van der Waals surface area contributed by atoms with Gasteiger partial charge in [-0.1, -0.05) is 258 Å². The topological polar surface area (TPSA) is 102 Å². The number of fused-ring (bicyclic) bond motifs is 5. The Hall–Kier alpha value is -5.14. The van der Waals surface area contributed by atoms with Crippen LogP contribution in [0.3, 0.4) is 0 Å². The van der Waals surface area contributed by atoms with Crippen LogP contribution in [0, 0.1) is 64.6 Å². The highest BCUT2D eigenvalue weighted by Gasteiger charge is 2.55. The molecule has 1 heterocycles. The molecule has 1 saturated heterocycles. The first-order chi connectivity index (χ1) is 57.2. The molecule has 0 N–H and O–H groups in total. The van der Waals surface area contributed by atoms with E-state index in [1.54, 1.807) is 0 Å². The van der Waals surface area contributed by atoms with Crippen LogP contribution in [0.4, 0.5) is 0 Å². The number of hydrogen-bond donors (Lipinski definition) is 0. The Balaban J connectivity index is 0.000000233. The number of hydrogen-bond acceptors (Lipinski definition) is 11. The lowest BCUT2D eigenvalue weighted by Gasteiger charge is -2.35. The minimum absolute atomic E-state index is 0.108. The summed E-state index contributed by atoms with van der Waals surface area (Å²) in [5, 5.41) is 0. The predicted molar refractivity (Wildman–Crippen MR) is 505 cm³/mol. The molecule has 4 saturated carbocycles. The zero-order valence-corrected chi connectivity index (χ0v) is 81.4. The van der Waals surface area contributed by atoms with E-state index in [0.29, 0.717) is 71.9 Å². The van der Waals surface area contributed by atoms with E-state index >= 15 is 0 Å². The largest absolute Gasteiger partial charge is 0.465 e. The van der Waals surface area contributed by atoms with Crippen molar-refractivity contribution in [3.63, 3.8) is 0 Å². The zero-order valence-electron chi connectivity index (χ0n) is 81.4. The molecule has 15 atom stereocenters. The maximum absolute atomic E-state index is 6.64. The van der Waals surface area contributed by atoms with E-state index in [-0.39, 0.29) is 48.9 Å². The summed E-state index contributed by atoms with van der Waals surface area (Å²) in [5.74, 6) is 14.4. The Labute approximate surface area is 736 Å². The van der Waals surface area contributed by atoms with E-state index in [2.05, 4.69) is 287 Å². The molecule has 11 nitrogen and oxygen atoms in total. The molecule has 1 aliphatic heterocycles. The van der Waals surface area contributed by atoms with Gasteiger partial charge in [-0.15, -0.1) is 0 Å². The molecule has 5 fully saturated rings. The smallest absolute Gasteiger partial charge is 0.208 e. The highest BCUT2D eigenvalue weighted by atomic mass is 16.7. The van der Waals surface area contributed by atoms with Crippen molar-refractivity contribution in [3.8, 4) is 28.7 Å². The molecule has 0 radical (unpaired) electrons. The summed E-state index contributed by atoms with van der Waals surface area (Å²) in [6, 6.07) is 42.8. The molecule has 0 spiro atoms. The average Bonchev–Trinajstić information content (AvgIpc) is 1.59. The van der Waals surface area contributed by atoms with Gasteiger partial charge in [-0.05, 0) is 287 Å². The lowest BCUT2D eigenvalue weighted by Crippen LogP contribution is -2.40. The molecule has 0 aromatic heterocycles. The molecular weight excluding hydrogens is 1490 g/mol. The van der Waals surface area contributed by atoms with Crippen molar-refractivity contribution in [3.05, 3.63) is 149 Å². The molecule has 2 bridgehead atoms. The lowest BCUT2D eigenvalue weighted by atomic mass is 9.80. The van der Waals surface area contributed by atoms with Gasteiger partial charge in [-0.3, -0.25) is 0 Å². The second-order valence-corrected chi connectivity index (χ2v) is 39.9. The van der Waals surface area contributed by atoms with E-state index in [1.807, 2.05) is 20.8 Å². The molecule has 10 rings (SSSR count). The van der Waals surface area contributed by atoms with E-state index in [0.717, 1.165) is 155 Å². The standard InChI is InChI=1S/C25H38O2.C23H36O3.2C21H36O2.C19H32O2/c1-5-17(4)18-9-11-20(12-10-18)26-25(13-16(2)3)27-24-15-19-14-23(24)22-8-6-7-21(19)22;1-3-18(2)20-9-11-21(12-10-20)25-23(17-19-7-5-4-6-8-19)26-22-13-15-24-16-14-22;1-8-17(7)18-10-12-19(13-11-18)23-21(22-9-2)14-20(15(3)4)16(5)6;1-8-17(6)18-11-13-20(14-12-18)23-21(7,15-16(4)5)22-19(9-2)10-3;1-8-15(4)16-9-11-17(12-10-16)21-18(20-14(2)3)13-19(5,6)7/h9-12,16-17,19,21-25H,5-8,13-15H2,1-4H3;9-12,18-19,22-23H,3-8,13-17H2,1-2H3;10-13,15-17,20-21H,8-9,14H2,1-7H3;11-14,16-17,19H,8-10,15H2,1-7H3;9-12,14-15,18H,8,13H2,1-7H3. The van der Waals surface area contributed by atoms with Crippen LogP contribution < -0.4 is 23.7 Å². The van der Waals surface area contributed by atoms with E-state index in [4.69, 9.17) is 52.1 Å². The Morgan fingerprint density at radius 1 is 0.383 bits per heavy atom. The first-order valence-corrected chi connectivity index (χ1v) is 48.9. The summed E-state index contributed by atoms with van der Waals surface area (Å²) in [6.07, 6.45) is 28.8. The third-order valence-electron chi connectivity index (χ3n) is 26.7. The molecule has 4 aliphatic carbocycles. The molecule has 120 heavy (non-hydrogen) atoms. The van der Waals surface area contributed by atoms with Crippen LogP contribution in [0.2, 0.25) is 0 Å². The normalized spacial score (nSPS) is 20.9. The van der Waals surface area contributed by atoms with Crippen molar-refractivity contribution >= 4 is 0 Å². The van der Waals surface area contributed by atoms with Gasteiger partial charge in [-0.2, -0.15) is 0 Å². The average molecular weight is 1660 g/mol. The summed E-state index contributed by atoms with van der Waals surface area (Å²) in [7, 11) is 0. The van der Waals surface area contributed by atoms with Crippen LogP contribution in [0.5, 0.6) is 28.7 Å². The third-order valence-corrected chi connectivity index (χ3v) is 26.7. The first-order valence-electron chi connectivity index (χ1n) is 48.9. The second-order valence-electron chi connectivity index (χ2n) is 39.9. The third kappa shape index (κ3) is 36.8. The van der Waals surface area contributed by atoms with Gasteiger partial charge >= 0.3 is 0 Å². The molecule has 5 aromatic rings. The van der Waals surface area contributed by atoms with Crippen molar-refractivity contribution in [2.75, 3.05) is 19.8 Å². The zero-order chi connectivity index (χ0) is 88.1. The van der Waals surface area contributed by atoms with Crippen molar-refractivity contribution in [1.29, 1.82) is 0 Å². The SMILES string of the molecule is CCC(C)c1ccc(OC(CC(C)(C)C)OC(C)C)cc1.CCC(C)c1ccc(OC(CC(C)C)OC2CC3CC2C2CCCC32)cc1.CCC(C)c1ccc(OC(CC2CCCCC2)OC2CCOCC2)cc1.CCC(CC)OC(C)(CC(C)C)Oc1ccc(C(C)CC)cc1.CCOC(CC(C(C)C)C(C)C)Oc1ccc(C(C)CC)cc1. The summed E-state index contributed by atoms with van der Waals surface area (Å²) < 4.78 is 67.8. The van der Waals surface area contributed by atoms with Crippen LogP contribution >= 0.6 is 0 Å². The van der Waals surface area contributed by atoms with Gasteiger partial charge in [-0.25, -0.2) is 0 Å². The van der Waals surface area contributed by atoms with Crippen LogP contribution in [-0.4, -0.2) is 75.2 Å². The number of benzene rings is 5. The molecule has 5 aliphatic rings. The van der Waals surface area contributed by atoms with Gasteiger partial charge in [0.15, 0.2) is 18.9 Å². The van der Waals surface area contributed by atoms with Crippen molar-refractivity contribution < 1.29 is 52.1 Å². The molecule has 11 heteroatoms. The van der Waals surface area contributed by atoms with E-state index in [1.165, 1.54) is 98.4 Å². The fourth-order valence-electron chi connectivity index (χ4n) is 18.6. The van der Waals surface area contributed by atoms with Gasteiger partial charge in [0.25, 0.3) is 0 Å². The molecule has 0 amide bonds. The molecule has 5 aromatic carbocycles. The van der Waals surface area contributed by atoms with Crippen LogP contribution in [0.25, 0.3) is 0 Å². The Kier molecular flexibility index (Phi) is 46.7. The Morgan fingerprint density at radius 3 is 1.19 bits per heavy atom. The maximum Gasteiger partial charge on any atom is 0.208 e. The van der Waals surface area contributed by atoms with Crippen molar-refractivity contribution in [2.45, 2.75) is 426 Å². The van der Waals surface area contributed by atoms with E-state index in [9.17, 15) is 0 Å². The van der Waals surface area contributed by atoms with Crippen LogP contribution in [0.1, 0.15) is 398 Å². The van der Waals surface area contributed by atoms with Crippen LogP contribution in [-0.2, 0) is 28.4 Å². The van der Waals surface area contributed by atoms with E-state index < -0.39 is 5.79 Å². The van der Waals surface area contributed by atoms with Crippen LogP contribution in [0.15, 0.2) is 121 Å². The molecular formula is C109H178O11. The fourth-order valence-corrected chi connectivity index (χ4v) is 18.6. The Bertz CT molecular complexity index is 3390. The molecule has 680 valence electrons. The fraction of sp³-hybridized carbons (Fsp3) is 0.725. The number of ether oxygens (including phenoxy) is 11. The summed E-state index contributed by atoms with van der Waals surface area (Å²) in [5.41, 5.74) is 7.06. The predicted octanol–water partition coefficient (Wildman–Crippen LogP) is 31.4. The van der Waals surface area contributed by atoms with Gasteiger partial charge < -0.3 is 52.1 Å². The van der Waals surface area contributed by atoms with Gasteiger partial charge in [0.1, 0.15) is 28.7 Å². The minimum atomic E-state index is -0.567.